The van der Waals surface area contributed by atoms with E-state index in [0.717, 1.165) is 6.54 Å². The number of methoxy groups -OCH3 is 1. The number of rotatable bonds is 6. The molecule has 1 fully saturated rings. The van der Waals surface area contributed by atoms with Crippen molar-refractivity contribution >= 4 is 17.8 Å². The van der Waals surface area contributed by atoms with Gasteiger partial charge in [0.25, 0.3) is 0 Å². The smallest absolute Gasteiger partial charge is 0.326 e. The van der Waals surface area contributed by atoms with E-state index in [0.29, 0.717) is 12.8 Å². The molecule has 0 spiro atoms. The van der Waals surface area contributed by atoms with Crippen molar-refractivity contribution in [3.63, 3.8) is 0 Å². The number of nitrogens with one attached hydrogen (secondary N) is 2. The van der Waals surface area contributed by atoms with Crippen molar-refractivity contribution in [3.05, 3.63) is 0 Å². The van der Waals surface area contributed by atoms with Gasteiger partial charge in [-0.05, 0) is 32.7 Å². The Kier molecular flexibility index (Phi) is 6.44. The first-order valence-corrected chi connectivity index (χ1v) is 6.77. The van der Waals surface area contributed by atoms with E-state index < -0.39 is 18.0 Å². The van der Waals surface area contributed by atoms with E-state index in [-0.39, 0.29) is 30.7 Å². The van der Waals surface area contributed by atoms with Crippen molar-refractivity contribution in [1.29, 1.82) is 0 Å². The van der Waals surface area contributed by atoms with Gasteiger partial charge >= 0.3 is 11.9 Å². The third-order valence-electron chi connectivity index (χ3n) is 3.47. The van der Waals surface area contributed by atoms with Crippen molar-refractivity contribution in [2.45, 2.75) is 44.7 Å². The van der Waals surface area contributed by atoms with E-state index in [2.05, 4.69) is 15.4 Å². The number of ether oxygens (including phenoxy) is 1. The number of piperidine rings is 1. The molecule has 20 heavy (non-hydrogen) atoms. The zero-order valence-electron chi connectivity index (χ0n) is 11.8. The average Bonchev–Trinajstić information content (AvgIpc) is 2.42. The summed E-state index contributed by atoms with van der Waals surface area (Å²) in [5.74, 6) is -2.05. The monoisotopic (exact) mass is 286 g/mol. The summed E-state index contributed by atoms with van der Waals surface area (Å²) in [5, 5.41) is 14.8. The Morgan fingerprint density at radius 3 is 2.70 bits per heavy atom. The minimum absolute atomic E-state index is 0.0314. The summed E-state index contributed by atoms with van der Waals surface area (Å²) in [6.45, 7) is 2.74. The molecule has 1 rings (SSSR count). The number of carbonyl (C=O) groups is 3. The molecule has 0 bridgehead atoms. The highest BCUT2D eigenvalue weighted by Gasteiger charge is 2.28. The van der Waals surface area contributed by atoms with Gasteiger partial charge in [0.15, 0.2) is 0 Å². The van der Waals surface area contributed by atoms with Gasteiger partial charge in [0, 0.05) is 18.4 Å². The Morgan fingerprint density at radius 2 is 2.15 bits per heavy atom. The largest absolute Gasteiger partial charge is 0.480 e. The van der Waals surface area contributed by atoms with Crippen LogP contribution in [0.15, 0.2) is 0 Å². The molecule has 0 radical (unpaired) electrons. The van der Waals surface area contributed by atoms with Crippen LogP contribution in [0, 0.1) is 5.92 Å². The number of amides is 1. The van der Waals surface area contributed by atoms with Gasteiger partial charge in [0.05, 0.1) is 7.11 Å². The number of carboxylic acid groups (broad SMARTS) is 1. The molecule has 3 N–H and O–H groups in total. The summed E-state index contributed by atoms with van der Waals surface area (Å²) >= 11 is 0. The fourth-order valence-electron chi connectivity index (χ4n) is 2.28. The van der Waals surface area contributed by atoms with Gasteiger partial charge < -0.3 is 20.5 Å². The van der Waals surface area contributed by atoms with E-state index in [4.69, 9.17) is 5.11 Å². The predicted octanol–water partition coefficient (Wildman–Crippen LogP) is -0.103. The van der Waals surface area contributed by atoms with Gasteiger partial charge in [-0.2, -0.15) is 0 Å². The summed E-state index contributed by atoms with van der Waals surface area (Å²) in [5.41, 5.74) is 0. The lowest BCUT2D eigenvalue weighted by atomic mass is 9.92. The van der Waals surface area contributed by atoms with Crippen LogP contribution >= 0.6 is 0 Å². The maximum absolute atomic E-state index is 12.1. The lowest BCUT2D eigenvalue weighted by molar-refractivity contribution is -0.144. The molecular weight excluding hydrogens is 264 g/mol. The molecule has 1 heterocycles. The van der Waals surface area contributed by atoms with Crippen molar-refractivity contribution in [2.75, 3.05) is 13.7 Å². The summed E-state index contributed by atoms with van der Waals surface area (Å²) < 4.78 is 4.46. The molecule has 3 unspecified atom stereocenters. The molecule has 1 saturated heterocycles. The Bertz CT molecular complexity index is 372. The van der Waals surface area contributed by atoms with Crippen LogP contribution in [0.25, 0.3) is 0 Å². The van der Waals surface area contributed by atoms with E-state index >= 15 is 0 Å². The van der Waals surface area contributed by atoms with Crippen molar-refractivity contribution in [1.82, 2.24) is 10.6 Å². The Labute approximate surface area is 118 Å². The predicted molar refractivity (Wildman–Crippen MR) is 71.0 cm³/mol. The highest BCUT2D eigenvalue weighted by molar-refractivity contribution is 5.85. The summed E-state index contributed by atoms with van der Waals surface area (Å²) in [4.78, 5) is 34.2. The number of carboxylic acids is 1. The third kappa shape index (κ3) is 5.16. The first kappa shape index (κ1) is 16.4. The van der Waals surface area contributed by atoms with Crippen LogP contribution < -0.4 is 10.6 Å². The normalized spacial score (nSPS) is 23.7. The first-order valence-electron chi connectivity index (χ1n) is 6.77. The van der Waals surface area contributed by atoms with Gasteiger partial charge in [-0.15, -0.1) is 0 Å². The van der Waals surface area contributed by atoms with E-state index in [9.17, 15) is 14.4 Å². The van der Waals surface area contributed by atoms with Crippen LogP contribution in [0.1, 0.15) is 32.6 Å². The molecule has 0 aliphatic carbocycles. The molecule has 1 amide bonds. The van der Waals surface area contributed by atoms with Crippen LogP contribution in [0.2, 0.25) is 0 Å². The Balaban J connectivity index is 2.49. The molecule has 7 heteroatoms. The third-order valence-corrected chi connectivity index (χ3v) is 3.47. The highest BCUT2D eigenvalue weighted by atomic mass is 16.5. The van der Waals surface area contributed by atoms with Crippen molar-refractivity contribution < 1.29 is 24.2 Å². The maximum Gasteiger partial charge on any atom is 0.326 e. The van der Waals surface area contributed by atoms with Crippen molar-refractivity contribution in [2.24, 2.45) is 5.92 Å². The number of carbonyl (C=O) groups excluding carboxylic acids is 2. The van der Waals surface area contributed by atoms with Crippen LogP contribution in [-0.2, 0) is 19.1 Å². The summed E-state index contributed by atoms with van der Waals surface area (Å²) in [6.07, 6.45) is 1.39. The van der Waals surface area contributed by atoms with Crippen LogP contribution in [0.5, 0.6) is 0 Å². The van der Waals surface area contributed by atoms with E-state index in [1.54, 1.807) is 0 Å². The quantitative estimate of drug-likeness (QED) is 0.589. The fraction of sp³-hybridized carbons (Fsp3) is 0.769. The molecule has 7 nitrogen and oxygen atoms in total. The lowest BCUT2D eigenvalue weighted by Crippen LogP contribution is -2.47. The summed E-state index contributed by atoms with van der Waals surface area (Å²) in [6, 6.07) is -0.801. The minimum Gasteiger partial charge on any atom is -0.480 e. The molecule has 114 valence electrons. The van der Waals surface area contributed by atoms with Crippen molar-refractivity contribution in [3.8, 4) is 0 Å². The average molecular weight is 286 g/mol. The van der Waals surface area contributed by atoms with E-state index in [1.807, 2.05) is 6.92 Å². The minimum atomic E-state index is -1.13. The molecule has 1 aliphatic heterocycles. The number of esters is 1. The van der Waals surface area contributed by atoms with Gasteiger partial charge in [-0.3, -0.25) is 9.59 Å². The standard InChI is InChI=1S/C13H22N2O5/c1-8-7-9(5-6-14-8)12(17)15-10(13(18)19)3-4-11(16)20-2/h8-10,14H,3-7H2,1-2H3,(H,15,17)(H,18,19). The summed E-state index contributed by atoms with van der Waals surface area (Å²) in [7, 11) is 1.24. The molecular formula is C13H22N2O5. The number of aliphatic carboxylic acids is 1. The maximum atomic E-state index is 12.1. The number of hydrogen-bond donors (Lipinski definition) is 3. The highest BCUT2D eigenvalue weighted by Crippen LogP contribution is 2.16. The fourth-order valence-corrected chi connectivity index (χ4v) is 2.28. The second-order valence-electron chi connectivity index (χ2n) is 5.09. The zero-order chi connectivity index (χ0) is 15.1. The van der Waals surface area contributed by atoms with Crippen LogP contribution in [-0.4, -0.2) is 48.7 Å². The molecule has 0 aromatic heterocycles. The van der Waals surface area contributed by atoms with Gasteiger partial charge in [-0.25, -0.2) is 4.79 Å². The van der Waals surface area contributed by atoms with Gasteiger partial charge in [0.2, 0.25) is 5.91 Å². The van der Waals surface area contributed by atoms with Gasteiger partial charge in [0.1, 0.15) is 6.04 Å². The second-order valence-corrected chi connectivity index (χ2v) is 5.09. The van der Waals surface area contributed by atoms with Gasteiger partial charge in [-0.1, -0.05) is 0 Å². The zero-order valence-corrected chi connectivity index (χ0v) is 11.8. The second kappa shape index (κ2) is 7.84. The number of hydrogen-bond acceptors (Lipinski definition) is 5. The molecule has 0 aromatic rings. The van der Waals surface area contributed by atoms with E-state index in [1.165, 1.54) is 7.11 Å². The SMILES string of the molecule is COC(=O)CCC(NC(=O)C1CCNC(C)C1)C(=O)O. The lowest BCUT2D eigenvalue weighted by Gasteiger charge is -2.28. The molecule has 3 atom stereocenters. The first-order chi connectivity index (χ1) is 9.43. The Hall–Kier alpha value is -1.63. The molecule has 0 aromatic carbocycles. The van der Waals surface area contributed by atoms with Crippen LogP contribution in [0.3, 0.4) is 0 Å². The van der Waals surface area contributed by atoms with Crippen LogP contribution in [0.4, 0.5) is 0 Å². The topological polar surface area (TPSA) is 105 Å². The molecule has 0 saturated carbocycles. The Morgan fingerprint density at radius 1 is 1.45 bits per heavy atom. The molecule has 1 aliphatic rings.